The average Bonchev–Trinajstić information content (AvgIpc) is 4.18. The van der Waals surface area contributed by atoms with Crippen molar-refractivity contribution in [1.82, 2.24) is 24.1 Å². The van der Waals surface area contributed by atoms with E-state index in [1.807, 2.05) is 156 Å². The maximum Gasteiger partial charge on any atom is 0.301 e. The maximum absolute atomic E-state index is 16.5. The van der Waals surface area contributed by atoms with Gasteiger partial charge in [-0.3, -0.25) is 18.5 Å². The Morgan fingerprint density at radius 2 is 0.667 bits per heavy atom. The lowest BCUT2D eigenvalue weighted by Crippen LogP contribution is -2.26. The quantitative estimate of drug-likeness (QED) is 0.134. The zero-order valence-electron chi connectivity index (χ0n) is 42.0. The predicted molar refractivity (Wildman–Crippen MR) is 321 cm³/mol. The van der Waals surface area contributed by atoms with E-state index in [2.05, 4.69) is 141 Å². The van der Waals surface area contributed by atoms with Crippen molar-refractivity contribution in [2.45, 2.75) is 0 Å². The molecule has 8 nitrogen and oxygen atoms in total. The van der Waals surface area contributed by atoms with Crippen molar-refractivity contribution in [3.63, 3.8) is 0 Å². The van der Waals surface area contributed by atoms with Gasteiger partial charge in [0.15, 0.2) is 11.6 Å². The molecule has 1 atom stereocenters. The summed E-state index contributed by atoms with van der Waals surface area (Å²) in [6, 6.07) is 96.3. The van der Waals surface area contributed by atoms with Gasteiger partial charge in [0, 0.05) is 49.7 Å². The zero-order valence-corrected chi connectivity index (χ0v) is 42.9. The van der Waals surface area contributed by atoms with Crippen LogP contribution in [0.1, 0.15) is 0 Å². The second kappa shape index (κ2) is 18.3. The highest BCUT2D eigenvalue weighted by molar-refractivity contribution is 7.76. The summed E-state index contributed by atoms with van der Waals surface area (Å²) in [5.74, 6) is 1.69. The molecule has 368 valence electrons. The van der Waals surface area contributed by atoms with Crippen LogP contribution in [-0.2, 0) is 4.57 Å². The van der Waals surface area contributed by atoms with Gasteiger partial charge in [-0.05, 0) is 125 Å². The van der Waals surface area contributed by atoms with Crippen LogP contribution in [0.5, 0.6) is 0 Å². The lowest BCUT2D eigenvalue weighted by atomic mass is 9.99. The molecule has 9 heteroatoms. The van der Waals surface area contributed by atoms with Gasteiger partial charge < -0.3 is 4.57 Å². The van der Waals surface area contributed by atoms with Gasteiger partial charge in [0.1, 0.15) is 0 Å². The van der Waals surface area contributed by atoms with E-state index in [9.17, 15) is 0 Å². The van der Waals surface area contributed by atoms with Gasteiger partial charge in [0.2, 0.25) is 5.95 Å². The highest BCUT2D eigenvalue weighted by Gasteiger charge is 2.49. The molecule has 3 aromatic heterocycles. The summed E-state index contributed by atoms with van der Waals surface area (Å²) in [6.07, 6.45) is 0. The second-order valence-electron chi connectivity index (χ2n) is 19.6. The van der Waals surface area contributed by atoms with Crippen molar-refractivity contribution in [2.75, 3.05) is 9.34 Å². The van der Waals surface area contributed by atoms with Crippen molar-refractivity contribution < 1.29 is 4.57 Å². The molecule has 0 saturated heterocycles. The van der Waals surface area contributed by atoms with Crippen molar-refractivity contribution in [3.05, 3.63) is 279 Å². The van der Waals surface area contributed by atoms with Crippen LogP contribution in [0, 0.1) is 0 Å². The molecule has 1 unspecified atom stereocenters. The monoisotopic (exact) mass is 1020 g/mol. The number of anilines is 4. The van der Waals surface area contributed by atoms with E-state index in [-0.39, 0.29) is 0 Å². The largest absolute Gasteiger partial charge is 0.309 e. The minimum absolute atomic E-state index is 0.520. The summed E-state index contributed by atoms with van der Waals surface area (Å²) in [6.45, 7) is 0. The number of nitrogens with zero attached hydrogens (tertiary/aromatic N) is 7. The van der Waals surface area contributed by atoms with E-state index in [0.29, 0.717) is 17.6 Å². The molecule has 0 N–H and O–H groups in total. The molecule has 78 heavy (non-hydrogen) atoms. The molecule has 0 fully saturated rings. The van der Waals surface area contributed by atoms with Gasteiger partial charge >= 0.3 is 7.44 Å². The predicted octanol–water partition coefficient (Wildman–Crippen LogP) is 17.5. The molecule has 0 saturated carbocycles. The number of rotatable bonds is 9. The summed E-state index contributed by atoms with van der Waals surface area (Å²) in [5.41, 5.74) is 14.8. The van der Waals surface area contributed by atoms with Gasteiger partial charge in [-0.1, -0.05) is 176 Å². The fourth-order valence-corrected chi connectivity index (χ4v) is 14.5. The number of fused-ring (bicyclic) bond motifs is 7. The summed E-state index contributed by atoms with van der Waals surface area (Å²) >= 11 is 0. The molecule has 11 aromatic carbocycles. The molecule has 1 aliphatic heterocycles. The van der Waals surface area contributed by atoms with Crippen LogP contribution in [0.15, 0.2) is 279 Å². The summed E-state index contributed by atoms with van der Waals surface area (Å²) in [5, 5.41) is 5.22. The smallest absolute Gasteiger partial charge is 0.301 e. The van der Waals surface area contributed by atoms with Gasteiger partial charge in [-0.2, -0.15) is 9.97 Å². The molecular formula is C69H46N7OP. The van der Waals surface area contributed by atoms with E-state index >= 15 is 4.57 Å². The molecule has 0 spiro atoms. The van der Waals surface area contributed by atoms with Crippen LogP contribution in [0.4, 0.5) is 22.7 Å². The van der Waals surface area contributed by atoms with Crippen LogP contribution in [0.2, 0.25) is 0 Å². The fraction of sp³-hybridized carbons (Fsp3) is 0. The van der Waals surface area contributed by atoms with Crippen molar-refractivity contribution >= 4 is 79.1 Å². The number of hydrogen-bond donors (Lipinski definition) is 0. The average molecular weight is 1020 g/mol. The number of benzene rings is 11. The third-order valence-corrected chi connectivity index (χ3v) is 18.0. The van der Waals surface area contributed by atoms with E-state index < -0.39 is 7.44 Å². The first-order valence-corrected chi connectivity index (χ1v) is 27.7. The maximum atomic E-state index is 16.5. The van der Waals surface area contributed by atoms with Gasteiger partial charge in [-0.25, -0.2) is 4.98 Å². The van der Waals surface area contributed by atoms with Crippen LogP contribution >= 0.6 is 7.44 Å². The Bertz CT molecular complexity index is 4590. The standard InChI is InChI=1S/C69H46N7OP/c77-78(56-31-17-6-18-32-56)75(54-27-13-4-14-28-54)65-42-38-52(46-66(65)76(78)55-29-15-5-16-30-55)51-37-41-64-60(45-51)59-44-50(49-35-39-62-58(43-49)57-33-19-20-34-61(57)73(62)53-25-11-3-12-26-53)36-40-63(59)74(64)69-71-67(47-21-7-1-8-22-47)70-68(72-69)48-23-9-2-10-24-48/h1-46H. The van der Waals surface area contributed by atoms with Crippen LogP contribution < -0.4 is 14.6 Å². The molecule has 15 rings (SSSR count). The summed E-state index contributed by atoms with van der Waals surface area (Å²) in [7, 11) is -3.57. The van der Waals surface area contributed by atoms with E-state index in [1.165, 1.54) is 10.8 Å². The van der Waals surface area contributed by atoms with Gasteiger partial charge in [0.05, 0.1) is 38.7 Å². The minimum atomic E-state index is -3.57. The first-order chi connectivity index (χ1) is 38.6. The van der Waals surface area contributed by atoms with Gasteiger partial charge in [0.25, 0.3) is 0 Å². The summed E-state index contributed by atoms with van der Waals surface area (Å²) in [4.78, 5) is 15.6. The summed E-state index contributed by atoms with van der Waals surface area (Å²) < 4.78 is 25.1. The topological polar surface area (TPSA) is 72.1 Å². The Balaban J connectivity index is 0.952. The number of para-hydroxylation sites is 4. The van der Waals surface area contributed by atoms with Crippen LogP contribution in [0.25, 0.3) is 100 Å². The first kappa shape index (κ1) is 45.3. The van der Waals surface area contributed by atoms with Crippen LogP contribution in [-0.4, -0.2) is 24.1 Å². The Hall–Kier alpha value is -10.1. The minimum Gasteiger partial charge on any atom is -0.309 e. The van der Waals surface area contributed by atoms with Gasteiger partial charge in [-0.15, -0.1) is 0 Å². The molecule has 0 bridgehead atoms. The molecule has 14 aromatic rings. The zero-order chi connectivity index (χ0) is 51.7. The molecule has 0 radical (unpaired) electrons. The lowest BCUT2D eigenvalue weighted by Gasteiger charge is -2.33. The first-order valence-electron chi connectivity index (χ1n) is 26.1. The Morgan fingerprint density at radius 1 is 0.282 bits per heavy atom. The third kappa shape index (κ3) is 7.30. The SMILES string of the molecule is O=P1(c2ccccc2)N(c2ccccc2)c2ccc(-c3ccc4c(c3)c3cc(-c5ccc6c(c5)c5ccccc5n6-c5ccccc5)ccc3n4-c3nc(-c4ccccc4)nc(-c4ccccc4)n3)cc2N1c1ccccc1. The van der Waals surface area contributed by atoms with Crippen molar-refractivity contribution in [3.8, 4) is 56.7 Å². The van der Waals surface area contributed by atoms with Crippen LogP contribution in [0.3, 0.4) is 0 Å². The normalized spacial score (nSPS) is 14.2. The highest BCUT2D eigenvalue weighted by atomic mass is 31.2. The van der Waals surface area contributed by atoms with E-state index in [1.54, 1.807) is 0 Å². The molecule has 4 heterocycles. The number of aromatic nitrogens is 5. The molecule has 0 amide bonds. The molecule has 1 aliphatic rings. The molecular weight excluding hydrogens is 974 g/mol. The van der Waals surface area contributed by atoms with Crippen molar-refractivity contribution in [2.24, 2.45) is 0 Å². The van der Waals surface area contributed by atoms with Crippen molar-refractivity contribution in [1.29, 1.82) is 0 Å². The molecule has 0 aliphatic carbocycles. The Kier molecular flexibility index (Phi) is 10.6. The lowest BCUT2D eigenvalue weighted by molar-refractivity contribution is 0.582. The van der Waals surface area contributed by atoms with E-state index in [4.69, 9.17) is 15.0 Å². The Morgan fingerprint density at radius 3 is 1.19 bits per heavy atom. The number of hydrogen-bond acceptors (Lipinski definition) is 4. The fourth-order valence-electron chi connectivity index (χ4n) is 11.5. The highest BCUT2D eigenvalue weighted by Crippen LogP contribution is 2.70. The van der Waals surface area contributed by atoms with E-state index in [0.717, 1.165) is 100.0 Å². The third-order valence-electron chi connectivity index (χ3n) is 15.1. The Labute approximate surface area is 450 Å². The second-order valence-corrected chi connectivity index (χ2v) is 22.0.